The molecule has 1 aliphatic rings. The van der Waals surface area contributed by atoms with Crippen LogP contribution in [0.1, 0.15) is 18.0 Å². The van der Waals surface area contributed by atoms with Gasteiger partial charge >= 0.3 is 0 Å². The summed E-state index contributed by atoms with van der Waals surface area (Å²) in [6.07, 6.45) is 0.189. The van der Waals surface area contributed by atoms with E-state index in [9.17, 15) is 15.2 Å². The number of hydrogen-bond acceptors (Lipinski definition) is 6. The number of nitrogens with zero attached hydrogens (tertiary/aromatic N) is 3. The van der Waals surface area contributed by atoms with Crippen molar-refractivity contribution in [2.75, 3.05) is 26.2 Å². The minimum Gasteiger partial charge on any atom is -0.508 e. The van der Waals surface area contributed by atoms with Crippen LogP contribution in [0, 0.1) is 21.4 Å². The van der Waals surface area contributed by atoms with Crippen molar-refractivity contribution in [3.63, 3.8) is 0 Å². The number of nitriles is 1. The molecule has 1 fully saturated rings. The molecule has 0 bridgehead atoms. The molecule has 0 aliphatic carbocycles. The standard InChI is InChI=1S/C13H16N4O3/c14-4-3-12(16-7-5-15-6-8-16)11-9-10(17(19)20)1-2-13(11)18/h1-2,9,12,15,18H,3,5-8H2/t12-/m1/s1. The fourth-order valence-electron chi connectivity index (χ4n) is 2.44. The summed E-state index contributed by atoms with van der Waals surface area (Å²) in [5, 5.41) is 33.0. The van der Waals surface area contributed by atoms with Gasteiger partial charge in [-0.2, -0.15) is 5.26 Å². The SMILES string of the molecule is N#CC[C@H](c1cc([N+](=O)[O-])ccc1O)N1CCNCC1. The molecule has 7 heteroatoms. The Morgan fingerprint density at radius 2 is 2.20 bits per heavy atom. The third-order valence-corrected chi connectivity index (χ3v) is 3.46. The van der Waals surface area contributed by atoms with Crippen LogP contribution >= 0.6 is 0 Å². The first kappa shape index (κ1) is 14.2. The lowest BCUT2D eigenvalue weighted by Crippen LogP contribution is -2.45. The van der Waals surface area contributed by atoms with Crippen LogP contribution < -0.4 is 5.32 Å². The number of rotatable bonds is 4. The molecule has 106 valence electrons. The first-order chi connectivity index (χ1) is 9.63. The van der Waals surface area contributed by atoms with Crippen LogP contribution in [0.3, 0.4) is 0 Å². The van der Waals surface area contributed by atoms with Crippen LogP contribution in [-0.4, -0.2) is 41.1 Å². The number of nitrogens with one attached hydrogen (secondary N) is 1. The summed E-state index contributed by atoms with van der Waals surface area (Å²) in [5.41, 5.74) is 0.374. The maximum absolute atomic E-state index is 10.9. The number of phenols is 1. The second-order valence-corrected chi connectivity index (χ2v) is 4.66. The third kappa shape index (κ3) is 3.04. The Bertz CT molecular complexity index is 535. The molecule has 1 heterocycles. The second-order valence-electron chi connectivity index (χ2n) is 4.66. The molecule has 1 aromatic rings. The zero-order valence-corrected chi connectivity index (χ0v) is 11.0. The molecule has 0 saturated carbocycles. The van der Waals surface area contributed by atoms with Crippen molar-refractivity contribution < 1.29 is 10.0 Å². The van der Waals surface area contributed by atoms with Crippen molar-refractivity contribution in [2.24, 2.45) is 0 Å². The van der Waals surface area contributed by atoms with Gasteiger partial charge < -0.3 is 10.4 Å². The highest BCUT2D eigenvalue weighted by molar-refractivity contribution is 5.45. The number of nitro groups is 1. The molecule has 0 spiro atoms. The minimum absolute atomic E-state index is 0.00520. The Balaban J connectivity index is 2.35. The summed E-state index contributed by atoms with van der Waals surface area (Å²) < 4.78 is 0. The summed E-state index contributed by atoms with van der Waals surface area (Å²) in [6, 6.07) is 5.72. The van der Waals surface area contributed by atoms with Crippen molar-refractivity contribution in [3.05, 3.63) is 33.9 Å². The van der Waals surface area contributed by atoms with E-state index in [1.54, 1.807) is 0 Å². The quantitative estimate of drug-likeness (QED) is 0.632. The highest BCUT2D eigenvalue weighted by atomic mass is 16.6. The van der Waals surface area contributed by atoms with E-state index >= 15 is 0 Å². The number of benzene rings is 1. The van der Waals surface area contributed by atoms with E-state index in [4.69, 9.17) is 5.26 Å². The first-order valence-electron chi connectivity index (χ1n) is 6.42. The van der Waals surface area contributed by atoms with Gasteiger partial charge in [-0.1, -0.05) is 0 Å². The number of aromatic hydroxyl groups is 1. The second kappa shape index (κ2) is 6.32. The smallest absolute Gasteiger partial charge is 0.270 e. The van der Waals surface area contributed by atoms with Crippen LogP contribution in [0.2, 0.25) is 0 Å². The largest absolute Gasteiger partial charge is 0.508 e. The molecule has 2 rings (SSSR count). The maximum Gasteiger partial charge on any atom is 0.270 e. The van der Waals surface area contributed by atoms with Crippen LogP contribution in [0.25, 0.3) is 0 Å². The molecule has 1 aromatic carbocycles. The third-order valence-electron chi connectivity index (χ3n) is 3.46. The van der Waals surface area contributed by atoms with Gasteiger partial charge in [0.1, 0.15) is 5.75 Å². The number of nitro benzene ring substituents is 1. The molecule has 1 atom stereocenters. The Kier molecular flexibility index (Phi) is 4.50. The summed E-state index contributed by atoms with van der Waals surface area (Å²) >= 11 is 0. The minimum atomic E-state index is -0.496. The Hall–Kier alpha value is -2.17. The fraction of sp³-hybridized carbons (Fsp3) is 0.462. The van der Waals surface area contributed by atoms with E-state index in [-0.39, 0.29) is 23.9 Å². The van der Waals surface area contributed by atoms with E-state index < -0.39 is 4.92 Å². The van der Waals surface area contributed by atoms with Crippen LogP contribution in [0.4, 0.5) is 5.69 Å². The summed E-state index contributed by atoms with van der Waals surface area (Å²) in [5.74, 6) is -0.00520. The molecule has 7 nitrogen and oxygen atoms in total. The van der Waals surface area contributed by atoms with E-state index in [2.05, 4.69) is 16.3 Å². The van der Waals surface area contributed by atoms with E-state index in [0.29, 0.717) is 5.56 Å². The van der Waals surface area contributed by atoms with Gasteiger partial charge in [0.05, 0.1) is 23.5 Å². The summed E-state index contributed by atoms with van der Waals surface area (Å²) in [6.45, 7) is 3.10. The molecule has 0 aromatic heterocycles. The summed E-state index contributed by atoms with van der Waals surface area (Å²) in [4.78, 5) is 12.4. The number of piperazine rings is 1. The first-order valence-corrected chi connectivity index (χ1v) is 6.42. The average molecular weight is 276 g/mol. The fourth-order valence-corrected chi connectivity index (χ4v) is 2.44. The lowest BCUT2D eigenvalue weighted by Gasteiger charge is -2.34. The van der Waals surface area contributed by atoms with Gasteiger partial charge in [-0.3, -0.25) is 15.0 Å². The van der Waals surface area contributed by atoms with Crippen molar-refractivity contribution in [1.82, 2.24) is 10.2 Å². The van der Waals surface area contributed by atoms with E-state index in [1.165, 1.54) is 18.2 Å². The molecular weight excluding hydrogens is 260 g/mol. The van der Waals surface area contributed by atoms with Gasteiger partial charge in [0, 0.05) is 43.9 Å². The van der Waals surface area contributed by atoms with E-state index in [0.717, 1.165) is 26.2 Å². The Morgan fingerprint density at radius 3 is 2.80 bits per heavy atom. The van der Waals surface area contributed by atoms with Crippen molar-refractivity contribution in [1.29, 1.82) is 5.26 Å². The molecular formula is C13H16N4O3. The summed E-state index contributed by atoms with van der Waals surface area (Å²) in [7, 11) is 0. The van der Waals surface area contributed by atoms with Gasteiger partial charge in [-0.25, -0.2) is 0 Å². The van der Waals surface area contributed by atoms with Crippen LogP contribution in [0.15, 0.2) is 18.2 Å². The molecule has 1 aliphatic heterocycles. The lowest BCUT2D eigenvalue weighted by atomic mass is 10.00. The van der Waals surface area contributed by atoms with Crippen molar-refractivity contribution in [3.8, 4) is 11.8 Å². The predicted octanol–water partition coefficient (Wildman–Crippen LogP) is 1.16. The van der Waals surface area contributed by atoms with Gasteiger partial charge in [-0.05, 0) is 6.07 Å². The molecule has 0 radical (unpaired) electrons. The molecule has 0 amide bonds. The highest BCUT2D eigenvalue weighted by Crippen LogP contribution is 2.33. The zero-order valence-electron chi connectivity index (χ0n) is 11.0. The molecule has 0 unspecified atom stereocenters. The Morgan fingerprint density at radius 1 is 1.50 bits per heavy atom. The Labute approximate surface area is 116 Å². The van der Waals surface area contributed by atoms with Crippen LogP contribution in [-0.2, 0) is 0 Å². The van der Waals surface area contributed by atoms with Crippen molar-refractivity contribution in [2.45, 2.75) is 12.5 Å². The highest BCUT2D eigenvalue weighted by Gasteiger charge is 2.26. The normalized spacial score (nSPS) is 17.4. The molecule has 2 N–H and O–H groups in total. The monoisotopic (exact) mass is 276 g/mol. The predicted molar refractivity (Wildman–Crippen MR) is 72.2 cm³/mol. The van der Waals surface area contributed by atoms with Crippen LogP contribution in [0.5, 0.6) is 5.75 Å². The average Bonchev–Trinajstić information content (AvgIpc) is 2.46. The number of hydrogen-bond donors (Lipinski definition) is 2. The molecule has 1 saturated heterocycles. The topological polar surface area (TPSA) is 102 Å². The number of phenolic OH excluding ortho intramolecular Hbond substituents is 1. The zero-order chi connectivity index (χ0) is 14.5. The maximum atomic E-state index is 10.9. The van der Waals surface area contributed by atoms with Crippen molar-refractivity contribution >= 4 is 5.69 Å². The van der Waals surface area contributed by atoms with Gasteiger partial charge in [-0.15, -0.1) is 0 Å². The van der Waals surface area contributed by atoms with E-state index in [1.807, 2.05) is 0 Å². The lowest BCUT2D eigenvalue weighted by molar-refractivity contribution is -0.385. The van der Waals surface area contributed by atoms with Gasteiger partial charge in [0.2, 0.25) is 0 Å². The number of non-ortho nitro benzene ring substituents is 1. The van der Waals surface area contributed by atoms with Gasteiger partial charge in [0.15, 0.2) is 0 Å². The molecule has 20 heavy (non-hydrogen) atoms. The van der Waals surface area contributed by atoms with Gasteiger partial charge in [0.25, 0.3) is 5.69 Å².